The average Bonchev–Trinajstić information content (AvgIpc) is 3.26. The van der Waals surface area contributed by atoms with Crippen molar-refractivity contribution in [1.29, 1.82) is 0 Å². The summed E-state index contributed by atoms with van der Waals surface area (Å²) in [4.78, 5) is 4.25. The summed E-state index contributed by atoms with van der Waals surface area (Å²) >= 11 is 0. The highest BCUT2D eigenvalue weighted by atomic mass is 127. The largest absolute Gasteiger partial charge is 0.493 e. The Labute approximate surface area is 176 Å². The van der Waals surface area contributed by atoms with Crippen LogP contribution >= 0.6 is 24.0 Å². The summed E-state index contributed by atoms with van der Waals surface area (Å²) in [6.07, 6.45) is 2.10. The maximum absolute atomic E-state index is 5.95. The van der Waals surface area contributed by atoms with E-state index in [9.17, 15) is 0 Å². The Morgan fingerprint density at radius 3 is 2.78 bits per heavy atom. The van der Waals surface area contributed by atoms with Crippen LogP contribution < -0.4 is 20.1 Å². The highest BCUT2D eigenvalue weighted by Gasteiger charge is 2.17. The molecule has 1 aliphatic rings. The maximum atomic E-state index is 5.95. The number of hydrogen-bond donors (Lipinski definition) is 2. The van der Waals surface area contributed by atoms with Gasteiger partial charge in [0.05, 0.1) is 20.2 Å². The number of benzene rings is 1. The second-order valence-electron chi connectivity index (χ2n) is 6.17. The molecule has 0 radical (unpaired) electrons. The summed E-state index contributed by atoms with van der Waals surface area (Å²) in [5.74, 6) is 4.17. The first kappa shape index (κ1) is 21.3. The molecule has 2 aromatic rings. The van der Waals surface area contributed by atoms with Crippen molar-refractivity contribution in [1.82, 2.24) is 25.4 Å². The van der Waals surface area contributed by atoms with Gasteiger partial charge >= 0.3 is 0 Å². The molecule has 0 amide bonds. The standard InChI is InChI=1S/C18H26N6O2.HI/c1-13(26-15-8-5-4-7-14(15)25-3)11-20-18(19-2)21-12-17-23-22-16-9-6-10-24(16)17;/h4-5,7-8,13H,6,9-12H2,1-3H3,(H2,19,20,21);1H. The molecule has 1 aliphatic heterocycles. The Bertz CT molecular complexity index is 764. The van der Waals surface area contributed by atoms with Crippen LogP contribution in [0.2, 0.25) is 0 Å². The monoisotopic (exact) mass is 486 g/mol. The van der Waals surface area contributed by atoms with Crippen LogP contribution in [-0.2, 0) is 19.5 Å². The molecule has 8 nitrogen and oxygen atoms in total. The van der Waals surface area contributed by atoms with Gasteiger partial charge in [0.25, 0.3) is 0 Å². The predicted octanol–water partition coefficient (Wildman–Crippen LogP) is 1.98. The normalized spacial score (nSPS) is 14.1. The molecule has 2 heterocycles. The predicted molar refractivity (Wildman–Crippen MR) is 115 cm³/mol. The van der Waals surface area contributed by atoms with Gasteiger partial charge in [-0.05, 0) is 25.5 Å². The number of para-hydroxylation sites is 2. The van der Waals surface area contributed by atoms with Crippen molar-refractivity contribution in [3.8, 4) is 11.5 Å². The summed E-state index contributed by atoms with van der Waals surface area (Å²) < 4.78 is 13.4. The minimum absolute atomic E-state index is 0. The molecule has 1 aromatic heterocycles. The van der Waals surface area contributed by atoms with E-state index in [2.05, 4.69) is 30.4 Å². The molecular formula is C18H27IN6O2. The van der Waals surface area contributed by atoms with E-state index in [0.717, 1.165) is 42.5 Å². The molecule has 0 fully saturated rings. The summed E-state index contributed by atoms with van der Waals surface area (Å²) in [7, 11) is 3.38. The third kappa shape index (κ3) is 5.47. The molecule has 1 unspecified atom stereocenters. The molecule has 1 aromatic carbocycles. The van der Waals surface area contributed by atoms with E-state index < -0.39 is 0 Å². The van der Waals surface area contributed by atoms with Crippen LogP contribution in [-0.4, -0.2) is 47.5 Å². The SMILES string of the molecule is CN=C(NCc1nnc2n1CCC2)NCC(C)Oc1ccccc1OC.I. The molecular weight excluding hydrogens is 459 g/mol. The summed E-state index contributed by atoms with van der Waals surface area (Å²) in [6.45, 7) is 4.19. The smallest absolute Gasteiger partial charge is 0.191 e. The highest BCUT2D eigenvalue weighted by molar-refractivity contribution is 14.0. The number of aromatic nitrogens is 3. The van der Waals surface area contributed by atoms with E-state index in [0.29, 0.717) is 19.0 Å². The lowest BCUT2D eigenvalue weighted by molar-refractivity contribution is 0.213. The first-order chi connectivity index (χ1) is 12.7. The van der Waals surface area contributed by atoms with Crippen molar-refractivity contribution in [2.24, 2.45) is 4.99 Å². The number of aliphatic imine (C=N–C) groups is 1. The van der Waals surface area contributed by atoms with E-state index in [4.69, 9.17) is 9.47 Å². The minimum atomic E-state index is -0.0535. The van der Waals surface area contributed by atoms with Gasteiger partial charge < -0.3 is 24.7 Å². The Balaban J connectivity index is 0.00000261. The van der Waals surface area contributed by atoms with E-state index in [1.165, 1.54) is 0 Å². The van der Waals surface area contributed by atoms with Crippen molar-refractivity contribution >= 4 is 29.9 Å². The van der Waals surface area contributed by atoms with E-state index in [-0.39, 0.29) is 30.1 Å². The van der Waals surface area contributed by atoms with Gasteiger partial charge in [0.2, 0.25) is 0 Å². The Morgan fingerprint density at radius 2 is 2.04 bits per heavy atom. The van der Waals surface area contributed by atoms with Gasteiger partial charge in [-0.25, -0.2) is 0 Å². The molecule has 148 valence electrons. The van der Waals surface area contributed by atoms with E-state index in [1.807, 2.05) is 31.2 Å². The van der Waals surface area contributed by atoms with Crippen molar-refractivity contribution in [3.63, 3.8) is 0 Å². The number of nitrogens with one attached hydrogen (secondary N) is 2. The Morgan fingerprint density at radius 1 is 1.26 bits per heavy atom. The number of fused-ring (bicyclic) bond motifs is 1. The second kappa shape index (κ2) is 10.3. The molecule has 0 spiro atoms. The van der Waals surface area contributed by atoms with Gasteiger partial charge in [0.15, 0.2) is 23.3 Å². The van der Waals surface area contributed by atoms with Crippen LogP contribution in [0, 0.1) is 0 Å². The number of ether oxygens (including phenoxy) is 2. The number of guanidine groups is 1. The number of nitrogens with zero attached hydrogens (tertiary/aromatic N) is 4. The first-order valence-corrected chi connectivity index (χ1v) is 8.86. The molecule has 3 rings (SSSR count). The van der Waals surface area contributed by atoms with Gasteiger partial charge in [-0.2, -0.15) is 0 Å². The summed E-state index contributed by atoms with van der Waals surface area (Å²) in [6, 6.07) is 7.62. The van der Waals surface area contributed by atoms with Gasteiger partial charge in [0.1, 0.15) is 11.9 Å². The van der Waals surface area contributed by atoms with Crippen LogP contribution in [0.5, 0.6) is 11.5 Å². The highest BCUT2D eigenvalue weighted by Crippen LogP contribution is 2.26. The molecule has 27 heavy (non-hydrogen) atoms. The van der Waals surface area contributed by atoms with Crippen molar-refractivity contribution < 1.29 is 9.47 Å². The molecule has 2 N–H and O–H groups in total. The van der Waals surface area contributed by atoms with E-state index in [1.54, 1.807) is 14.2 Å². The molecule has 1 atom stereocenters. The lowest BCUT2D eigenvalue weighted by Gasteiger charge is -2.19. The number of hydrogen-bond acceptors (Lipinski definition) is 5. The maximum Gasteiger partial charge on any atom is 0.191 e. The Kier molecular flexibility index (Phi) is 8.14. The topological polar surface area (TPSA) is 85.6 Å². The van der Waals surface area contributed by atoms with Crippen LogP contribution in [0.15, 0.2) is 29.3 Å². The van der Waals surface area contributed by atoms with Gasteiger partial charge in [-0.15, -0.1) is 34.2 Å². The van der Waals surface area contributed by atoms with Crippen molar-refractivity contribution in [2.75, 3.05) is 20.7 Å². The molecule has 0 bridgehead atoms. The molecule has 0 saturated carbocycles. The van der Waals surface area contributed by atoms with Gasteiger partial charge in [0, 0.05) is 20.0 Å². The second-order valence-corrected chi connectivity index (χ2v) is 6.17. The number of rotatable bonds is 7. The fourth-order valence-electron chi connectivity index (χ4n) is 2.94. The fraction of sp³-hybridized carbons (Fsp3) is 0.500. The van der Waals surface area contributed by atoms with Crippen LogP contribution in [0.4, 0.5) is 0 Å². The number of aryl methyl sites for hydroxylation is 1. The number of methoxy groups -OCH3 is 1. The Hall–Kier alpha value is -2.04. The zero-order valence-corrected chi connectivity index (χ0v) is 18.3. The van der Waals surface area contributed by atoms with Crippen LogP contribution in [0.3, 0.4) is 0 Å². The van der Waals surface area contributed by atoms with Crippen LogP contribution in [0.1, 0.15) is 25.0 Å². The molecule has 0 aliphatic carbocycles. The lowest BCUT2D eigenvalue weighted by atomic mass is 10.3. The molecule has 9 heteroatoms. The third-order valence-electron chi connectivity index (χ3n) is 4.28. The van der Waals surface area contributed by atoms with Gasteiger partial charge in [-0.1, -0.05) is 12.1 Å². The third-order valence-corrected chi connectivity index (χ3v) is 4.28. The quantitative estimate of drug-likeness (QED) is 0.354. The lowest BCUT2D eigenvalue weighted by Crippen LogP contribution is -2.41. The van der Waals surface area contributed by atoms with Crippen molar-refractivity contribution in [3.05, 3.63) is 35.9 Å². The van der Waals surface area contributed by atoms with Crippen LogP contribution in [0.25, 0.3) is 0 Å². The van der Waals surface area contributed by atoms with Crippen molar-refractivity contribution in [2.45, 2.75) is 39.0 Å². The number of halogens is 1. The minimum Gasteiger partial charge on any atom is -0.493 e. The summed E-state index contributed by atoms with van der Waals surface area (Å²) in [5, 5.41) is 15.0. The van der Waals surface area contributed by atoms with E-state index >= 15 is 0 Å². The fourth-order valence-corrected chi connectivity index (χ4v) is 2.94. The summed E-state index contributed by atoms with van der Waals surface area (Å²) in [5.41, 5.74) is 0. The zero-order valence-electron chi connectivity index (χ0n) is 15.9. The zero-order chi connectivity index (χ0) is 18.4. The molecule has 0 saturated heterocycles. The first-order valence-electron chi connectivity index (χ1n) is 8.86. The average molecular weight is 486 g/mol. The van der Waals surface area contributed by atoms with Gasteiger partial charge in [-0.3, -0.25) is 4.99 Å².